The molecule has 10 heteroatoms. The molecule has 33 heavy (non-hydrogen) atoms. The van der Waals surface area contributed by atoms with E-state index < -0.39 is 58.1 Å². The number of halogens is 2. The van der Waals surface area contributed by atoms with Crippen molar-refractivity contribution in [3.63, 3.8) is 0 Å². The average molecular weight is 464 g/mol. The number of pyridine rings is 1. The molecule has 0 fully saturated rings. The predicted molar refractivity (Wildman–Crippen MR) is 114 cm³/mol. The molecule has 2 atom stereocenters. The van der Waals surface area contributed by atoms with Crippen molar-refractivity contribution in [3.05, 3.63) is 63.1 Å². The van der Waals surface area contributed by atoms with Gasteiger partial charge in [0.25, 0.3) is 5.91 Å². The summed E-state index contributed by atoms with van der Waals surface area (Å²) in [4.78, 5) is 38.7. The molecule has 8 nitrogen and oxygen atoms in total. The van der Waals surface area contributed by atoms with Crippen molar-refractivity contribution in [1.29, 1.82) is 0 Å². The molecule has 1 amide bonds. The van der Waals surface area contributed by atoms with Crippen molar-refractivity contribution in [1.82, 2.24) is 9.88 Å². The number of aromatic nitrogens is 1. The number of rotatable bonds is 8. The Morgan fingerprint density at radius 1 is 1.27 bits per heavy atom. The van der Waals surface area contributed by atoms with Crippen LogP contribution >= 0.6 is 0 Å². The maximum atomic E-state index is 13.8. The number of methoxy groups -OCH3 is 2. The third-order valence-corrected chi connectivity index (χ3v) is 6.12. The fourth-order valence-electron chi connectivity index (χ4n) is 4.15. The van der Waals surface area contributed by atoms with Gasteiger partial charge in [0.2, 0.25) is 5.43 Å². The lowest BCUT2D eigenvalue weighted by atomic mass is 9.72. The second-order valence-corrected chi connectivity index (χ2v) is 8.17. The van der Waals surface area contributed by atoms with Crippen LogP contribution in [0.25, 0.3) is 0 Å². The van der Waals surface area contributed by atoms with E-state index in [-0.39, 0.29) is 17.8 Å². The minimum Gasteiger partial charge on any atom is -0.503 e. The Labute approximate surface area is 189 Å². The molecule has 1 aliphatic heterocycles. The molecule has 0 saturated carbocycles. The minimum atomic E-state index is -1.05. The van der Waals surface area contributed by atoms with Gasteiger partial charge in [-0.25, -0.2) is 8.78 Å². The van der Waals surface area contributed by atoms with E-state index in [4.69, 9.17) is 9.47 Å². The summed E-state index contributed by atoms with van der Waals surface area (Å²) >= 11 is 0. The van der Waals surface area contributed by atoms with Gasteiger partial charge >= 0.3 is 0 Å². The topological polar surface area (TPSA) is 107 Å². The zero-order valence-corrected chi connectivity index (χ0v) is 18.6. The number of ketones is 1. The van der Waals surface area contributed by atoms with E-state index in [1.165, 1.54) is 17.7 Å². The van der Waals surface area contributed by atoms with E-state index in [1.54, 1.807) is 14.0 Å². The van der Waals surface area contributed by atoms with E-state index in [1.807, 2.05) is 0 Å². The zero-order chi connectivity index (χ0) is 24.3. The summed E-state index contributed by atoms with van der Waals surface area (Å²) in [5.41, 5.74) is -3.09. The summed E-state index contributed by atoms with van der Waals surface area (Å²) in [6.07, 6.45) is 1.54. The highest BCUT2D eigenvalue weighted by atomic mass is 19.1. The van der Waals surface area contributed by atoms with Gasteiger partial charge in [0, 0.05) is 39.1 Å². The summed E-state index contributed by atoms with van der Waals surface area (Å²) < 4.78 is 39.6. The number of ether oxygens (including phenoxy) is 2. The first kappa shape index (κ1) is 24.5. The molecule has 1 aromatic carbocycles. The Morgan fingerprint density at radius 3 is 2.55 bits per heavy atom. The molecule has 3 rings (SSSR count). The SMILES string of the molecule is COCCC[C@@]1(C)C(=O)c2c(O)c(=O)c(C(=O)NCc3c(F)cccc3F)cn2C[C@@H]1OC. The lowest BCUT2D eigenvalue weighted by molar-refractivity contribution is -0.0209. The quantitative estimate of drug-likeness (QED) is 0.581. The van der Waals surface area contributed by atoms with Crippen LogP contribution in [-0.4, -0.2) is 48.3 Å². The Morgan fingerprint density at radius 2 is 1.94 bits per heavy atom. The number of Topliss-reactive ketones (excluding diaryl/α,β-unsaturated/α-hetero) is 1. The van der Waals surface area contributed by atoms with Crippen molar-refractivity contribution >= 4 is 11.7 Å². The van der Waals surface area contributed by atoms with Gasteiger partial charge in [-0.05, 0) is 31.9 Å². The number of aromatic hydroxyl groups is 1. The van der Waals surface area contributed by atoms with Gasteiger partial charge in [0.05, 0.1) is 18.1 Å². The zero-order valence-electron chi connectivity index (χ0n) is 18.6. The van der Waals surface area contributed by atoms with Crippen molar-refractivity contribution in [2.75, 3.05) is 20.8 Å². The first-order valence-electron chi connectivity index (χ1n) is 10.4. The highest BCUT2D eigenvalue weighted by Crippen LogP contribution is 2.40. The van der Waals surface area contributed by atoms with Gasteiger partial charge in [-0.3, -0.25) is 14.4 Å². The maximum absolute atomic E-state index is 13.8. The van der Waals surface area contributed by atoms with Crippen LogP contribution in [0.1, 0.15) is 46.2 Å². The fraction of sp³-hybridized carbons (Fsp3) is 0.435. The van der Waals surface area contributed by atoms with E-state index in [0.29, 0.717) is 19.4 Å². The van der Waals surface area contributed by atoms with Gasteiger partial charge in [-0.15, -0.1) is 0 Å². The van der Waals surface area contributed by atoms with Crippen LogP contribution in [0, 0.1) is 17.0 Å². The summed E-state index contributed by atoms with van der Waals surface area (Å²) in [5, 5.41) is 12.8. The molecule has 178 valence electrons. The van der Waals surface area contributed by atoms with Crippen LogP contribution in [0.3, 0.4) is 0 Å². The standard InChI is InChI=1S/C23H26F2N2O6/c1-23(8-5-9-32-2)17(33-3)12-27-11-14(19(28)20(29)18(27)21(23)30)22(31)26-10-13-15(24)6-4-7-16(13)25/h4,6-7,11,17,29H,5,8-10,12H2,1-3H3,(H,26,31)/t17-,23+/m0/s1. The van der Waals surface area contributed by atoms with Crippen LogP contribution in [0.15, 0.2) is 29.2 Å². The number of nitrogens with one attached hydrogen (secondary N) is 1. The minimum absolute atomic E-state index is 0.108. The molecule has 0 spiro atoms. The van der Waals surface area contributed by atoms with Gasteiger partial charge in [0.15, 0.2) is 11.5 Å². The second kappa shape index (κ2) is 9.80. The van der Waals surface area contributed by atoms with Crippen LogP contribution in [0.2, 0.25) is 0 Å². The summed E-state index contributed by atoms with van der Waals surface area (Å²) in [6.45, 7) is 1.74. The first-order chi connectivity index (χ1) is 15.7. The lowest BCUT2D eigenvalue weighted by Gasteiger charge is -2.41. The van der Waals surface area contributed by atoms with Crippen molar-refractivity contribution < 1.29 is 33.0 Å². The maximum Gasteiger partial charge on any atom is 0.257 e. The average Bonchev–Trinajstić information content (AvgIpc) is 2.78. The number of carbonyl (C=O) groups is 2. The summed E-state index contributed by atoms with van der Waals surface area (Å²) in [6, 6.07) is 3.28. The molecule has 2 heterocycles. The highest BCUT2D eigenvalue weighted by molar-refractivity contribution is 6.03. The molecule has 0 saturated heterocycles. The third kappa shape index (κ3) is 4.53. The molecule has 0 bridgehead atoms. The van der Waals surface area contributed by atoms with E-state index >= 15 is 0 Å². The molecule has 0 unspecified atom stereocenters. The molecular formula is C23H26F2N2O6. The predicted octanol–water partition coefficient (Wildman–Crippen LogP) is 2.41. The number of hydrogen-bond donors (Lipinski definition) is 2. The number of benzene rings is 1. The van der Waals surface area contributed by atoms with E-state index in [0.717, 1.165) is 18.3 Å². The van der Waals surface area contributed by atoms with Crippen molar-refractivity contribution in [2.45, 2.75) is 39.0 Å². The summed E-state index contributed by atoms with van der Waals surface area (Å²) in [5.74, 6) is -3.96. The Balaban J connectivity index is 1.93. The largest absolute Gasteiger partial charge is 0.503 e. The molecule has 1 aromatic heterocycles. The Bertz CT molecular complexity index is 1110. The van der Waals surface area contributed by atoms with E-state index in [9.17, 15) is 28.3 Å². The fourth-order valence-corrected chi connectivity index (χ4v) is 4.15. The number of fused-ring (bicyclic) bond motifs is 1. The molecule has 2 N–H and O–H groups in total. The number of carbonyl (C=O) groups excluding carboxylic acids is 2. The van der Waals surface area contributed by atoms with Crippen LogP contribution in [0.4, 0.5) is 8.78 Å². The number of amides is 1. The third-order valence-electron chi connectivity index (χ3n) is 6.12. The van der Waals surface area contributed by atoms with Crippen LogP contribution in [-0.2, 0) is 22.6 Å². The van der Waals surface area contributed by atoms with Gasteiger partial charge < -0.3 is 24.5 Å². The normalized spacial score (nSPS) is 19.9. The number of hydrogen-bond acceptors (Lipinski definition) is 6. The molecule has 0 aliphatic carbocycles. The first-order valence-corrected chi connectivity index (χ1v) is 10.4. The Kier molecular flexibility index (Phi) is 7.28. The second-order valence-electron chi connectivity index (χ2n) is 8.17. The van der Waals surface area contributed by atoms with Gasteiger partial charge in [0.1, 0.15) is 22.9 Å². The van der Waals surface area contributed by atoms with Crippen LogP contribution in [0.5, 0.6) is 5.75 Å². The van der Waals surface area contributed by atoms with E-state index in [2.05, 4.69) is 5.32 Å². The smallest absolute Gasteiger partial charge is 0.257 e. The van der Waals surface area contributed by atoms with Gasteiger partial charge in [-0.1, -0.05) is 6.07 Å². The van der Waals surface area contributed by atoms with Gasteiger partial charge in [-0.2, -0.15) is 0 Å². The molecule has 0 radical (unpaired) electrons. The lowest BCUT2D eigenvalue weighted by Crippen LogP contribution is -2.50. The highest BCUT2D eigenvalue weighted by Gasteiger charge is 2.48. The monoisotopic (exact) mass is 464 g/mol. The van der Waals surface area contributed by atoms with Crippen molar-refractivity contribution in [2.24, 2.45) is 5.41 Å². The molecule has 1 aliphatic rings. The Hall–Kier alpha value is -3.11. The summed E-state index contributed by atoms with van der Waals surface area (Å²) in [7, 11) is 3.00. The molecular weight excluding hydrogens is 438 g/mol. The number of nitrogens with zero attached hydrogens (tertiary/aromatic N) is 1. The molecule has 2 aromatic rings. The van der Waals surface area contributed by atoms with Crippen LogP contribution < -0.4 is 10.7 Å². The van der Waals surface area contributed by atoms with Crippen molar-refractivity contribution in [3.8, 4) is 5.75 Å².